The van der Waals surface area contributed by atoms with Crippen molar-refractivity contribution in [2.45, 2.75) is 31.7 Å². The Hall–Kier alpha value is -2.47. The maximum Gasteiger partial charge on any atom is 0.254 e. The van der Waals surface area contributed by atoms with Crippen LogP contribution >= 0.6 is 0 Å². The van der Waals surface area contributed by atoms with Crippen molar-refractivity contribution in [2.75, 3.05) is 39.0 Å². The zero-order chi connectivity index (χ0) is 18.8. The van der Waals surface area contributed by atoms with E-state index >= 15 is 0 Å². The summed E-state index contributed by atoms with van der Waals surface area (Å²) in [7, 11) is 4.06. The van der Waals surface area contributed by atoms with Crippen LogP contribution in [0.5, 0.6) is 0 Å². The van der Waals surface area contributed by atoms with Crippen molar-refractivity contribution in [3.05, 3.63) is 53.0 Å². The fourth-order valence-corrected chi connectivity index (χ4v) is 4.14. The Morgan fingerprint density at radius 1 is 1.19 bits per heavy atom. The van der Waals surface area contributed by atoms with Crippen molar-refractivity contribution in [1.82, 2.24) is 19.8 Å². The summed E-state index contributed by atoms with van der Waals surface area (Å²) in [6.45, 7) is 3.42. The van der Waals surface area contributed by atoms with Gasteiger partial charge in [-0.1, -0.05) is 18.2 Å². The second kappa shape index (κ2) is 7.64. The minimum absolute atomic E-state index is 0.0706. The molecule has 1 N–H and O–H groups in total. The molecule has 0 radical (unpaired) electrons. The number of piperidine rings is 1. The van der Waals surface area contributed by atoms with E-state index in [9.17, 15) is 4.79 Å². The largest absolute Gasteiger partial charge is 0.373 e. The molecule has 6 nitrogen and oxygen atoms in total. The van der Waals surface area contributed by atoms with E-state index < -0.39 is 0 Å². The summed E-state index contributed by atoms with van der Waals surface area (Å²) >= 11 is 0. The molecule has 27 heavy (non-hydrogen) atoms. The summed E-state index contributed by atoms with van der Waals surface area (Å²) in [5.41, 5.74) is 2.88. The second-order valence-electron chi connectivity index (χ2n) is 7.55. The number of rotatable bonds is 3. The number of likely N-dealkylation sites (N-methyl/N-ethyl adjacent to an activating group) is 1. The van der Waals surface area contributed by atoms with Gasteiger partial charge in [-0.2, -0.15) is 0 Å². The van der Waals surface area contributed by atoms with E-state index in [0.717, 1.165) is 54.4 Å². The van der Waals surface area contributed by atoms with E-state index in [0.29, 0.717) is 19.0 Å². The number of nitrogens with zero attached hydrogens (tertiary/aromatic N) is 4. The summed E-state index contributed by atoms with van der Waals surface area (Å²) in [5.74, 6) is 2.28. The molecule has 3 heterocycles. The predicted molar refractivity (Wildman–Crippen MR) is 106 cm³/mol. The molecule has 0 bridgehead atoms. The number of likely N-dealkylation sites (tertiary alicyclic amines) is 1. The van der Waals surface area contributed by atoms with Crippen LogP contribution in [0.25, 0.3) is 0 Å². The van der Waals surface area contributed by atoms with E-state index in [-0.39, 0.29) is 5.91 Å². The molecular formula is C21H27N5O. The number of hydrogen-bond acceptors (Lipinski definition) is 5. The number of anilines is 1. The van der Waals surface area contributed by atoms with Gasteiger partial charge in [-0.15, -0.1) is 0 Å². The number of aromatic nitrogens is 2. The SMILES string of the molecule is CNc1nc(C2CCCN(C)C2)nc2c1CN(C(=O)c1ccccc1)CC2. The van der Waals surface area contributed by atoms with Gasteiger partial charge in [0.15, 0.2) is 0 Å². The molecule has 2 aromatic rings. The Bertz CT molecular complexity index is 806. The molecule has 142 valence electrons. The highest BCUT2D eigenvalue weighted by Crippen LogP contribution is 2.29. The smallest absolute Gasteiger partial charge is 0.254 e. The Labute approximate surface area is 160 Å². The van der Waals surface area contributed by atoms with Crippen LogP contribution in [-0.4, -0.2) is 59.4 Å². The Balaban J connectivity index is 1.59. The minimum atomic E-state index is 0.0706. The van der Waals surface area contributed by atoms with Gasteiger partial charge in [0.25, 0.3) is 5.91 Å². The first-order chi connectivity index (χ1) is 13.2. The van der Waals surface area contributed by atoms with E-state index in [1.54, 1.807) is 0 Å². The molecule has 4 rings (SSSR count). The predicted octanol–water partition coefficient (Wildman–Crippen LogP) is 2.53. The number of carbonyl (C=O) groups is 1. The summed E-state index contributed by atoms with van der Waals surface area (Å²) in [6.07, 6.45) is 3.11. The molecule has 1 aromatic heterocycles. The molecule has 1 fully saturated rings. The lowest BCUT2D eigenvalue weighted by atomic mass is 9.96. The van der Waals surface area contributed by atoms with Crippen molar-refractivity contribution in [2.24, 2.45) is 0 Å². The summed E-state index contributed by atoms with van der Waals surface area (Å²) in [5, 5.41) is 3.24. The highest BCUT2D eigenvalue weighted by molar-refractivity contribution is 5.94. The van der Waals surface area contributed by atoms with Crippen molar-refractivity contribution in [3.8, 4) is 0 Å². The molecule has 1 atom stereocenters. The lowest BCUT2D eigenvalue weighted by molar-refractivity contribution is 0.0733. The first kappa shape index (κ1) is 17.9. The van der Waals surface area contributed by atoms with Gasteiger partial charge in [-0.05, 0) is 38.6 Å². The van der Waals surface area contributed by atoms with Crippen molar-refractivity contribution < 1.29 is 4.79 Å². The van der Waals surface area contributed by atoms with Gasteiger partial charge >= 0.3 is 0 Å². The lowest BCUT2D eigenvalue weighted by Crippen LogP contribution is -2.37. The standard InChI is InChI=1S/C21H27N5O/c1-22-20-17-14-26(21(27)15-7-4-3-5-8-15)12-10-18(17)23-19(24-20)16-9-6-11-25(2)13-16/h3-5,7-8,16H,6,9-14H2,1-2H3,(H,22,23,24). The molecule has 6 heteroatoms. The molecule has 1 amide bonds. The van der Waals surface area contributed by atoms with Crippen LogP contribution in [0.4, 0.5) is 5.82 Å². The minimum Gasteiger partial charge on any atom is -0.373 e. The number of carbonyl (C=O) groups excluding carboxylic acids is 1. The highest BCUT2D eigenvalue weighted by atomic mass is 16.2. The van der Waals surface area contributed by atoms with Gasteiger partial charge < -0.3 is 15.1 Å². The summed E-state index contributed by atoms with van der Waals surface area (Å²) in [4.78, 5) is 26.8. The van der Waals surface area contributed by atoms with Gasteiger partial charge in [0, 0.05) is 43.6 Å². The molecule has 1 aromatic carbocycles. The van der Waals surface area contributed by atoms with Crippen molar-refractivity contribution in [1.29, 1.82) is 0 Å². The topological polar surface area (TPSA) is 61.4 Å². The van der Waals surface area contributed by atoms with Crippen LogP contribution < -0.4 is 5.32 Å². The fraction of sp³-hybridized carbons (Fsp3) is 0.476. The maximum atomic E-state index is 12.8. The molecule has 0 saturated carbocycles. The van der Waals surface area contributed by atoms with Gasteiger partial charge in [0.2, 0.25) is 0 Å². The zero-order valence-electron chi connectivity index (χ0n) is 16.1. The number of hydrogen-bond donors (Lipinski definition) is 1. The lowest BCUT2D eigenvalue weighted by Gasteiger charge is -2.32. The zero-order valence-corrected chi connectivity index (χ0v) is 16.1. The van der Waals surface area contributed by atoms with Crippen LogP contribution in [0.3, 0.4) is 0 Å². The first-order valence-electron chi connectivity index (χ1n) is 9.76. The average molecular weight is 365 g/mol. The Morgan fingerprint density at radius 3 is 2.74 bits per heavy atom. The molecule has 1 unspecified atom stereocenters. The van der Waals surface area contributed by atoms with Crippen molar-refractivity contribution in [3.63, 3.8) is 0 Å². The fourth-order valence-electron chi connectivity index (χ4n) is 4.14. The van der Waals surface area contributed by atoms with Crippen LogP contribution in [-0.2, 0) is 13.0 Å². The normalized spacial score (nSPS) is 20.2. The molecule has 0 aliphatic carbocycles. The van der Waals surface area contributed by atoms with Gasteiger partial charge in [-0.3, -0.25) is 4.79 Å². The number of fused-ring (bicyclic) bond motifs is 1. The van der Waals surface area contributed by atoms with E-state index in [4.69, 9.17) is 9.97 Å². The van der Waals surface area contributed by atoms with E-state index in [2.05, 4.69) is 17.3 Å². The third-order valence-corrected chi connectivity index (χ3v) is 5.61. The number of nitrogens with one attached hydrogen (secondary N) is 1. The Morgan fingerprint density at radius 2 is 2.00 bits per heavy atom. The summed E-state index contributed by atoms with van der Waals surface area (Å²) < 4.78 is 0. The second-order valence-corrected chi connectivity index (χ2v) is 7.55. The van der Waals surface area contributed by atoms with Crippen LogP contribution in [0.15, 0.2) is 30.3 Å². The molecule has 1 saturated heterocycles. The molecule has 2 aliphatic heterocycles. The third kappa shape index (κ3) is 3.67. The number of benzene rings is 1. The average Bonchev–Trinajstić information content (AvgIpc) is 2.72. The molecule has 2 aliphatic rings. The van der Waals surface area contributed by atoms with Crippen LogP contribution in [0.1, 0.15) is 46.2 Å². The monoisotopic (exact) mass is 365 g/mol. The van der Waals surface area contributed by atoms with E-state index in [1.807, 2.05) is 42.3 Å². The highest BCUT2D eigenvalue weighted by Gasteiger charge is 2.28. The maximum absolute atomic E-state index is 12.8. The molecular weight excluding hydrogens is 338 g/mol. The number of amides is 1. The first-order valence-corrected chi connectivity index (χ1v) is 9.76. The van der Waals surface area contributed by atoms with Gasteiger partial charge in [-0.25, -0.2) is 9.97 Å². The molecule has 0 spiro atoms. The van der Waals surface area contributed by atoms with Crippen LogP contribution in [0, 0.1) is 0 Å². The quantitative estimate of drug-likeness (QED) is 0.906. The van der Waals surface area contributed by atoms with Crippen LogP contribution in [0.2, 0.25) is 0 Å². The van der Waals surface area contributed by atoms with Gasteiger partial charge in [0.1, 0.15) is 11.6 Å². The Kier molecular flexibility index (Phi) is 5.07. The third-order valence-electron chi connectivity index (χ3n) is 5.61. The van der Waals surface area contributed by atoms with Crippen molar-refractivity contribution >= 4 is 11.7 Å². The summed E-state index contributed by atoms with van der Waals surface area (Å²) in [6, 6.07) is 9.48. The van der Waals surface area contributed by atoms with Gasteiger partial charge in [0.05, 0.1) is 12.2 Å². The van der Waals surface area contributed by atoms with E-state index in [1.165, 1.54) is 6.42 Å².